The van der Waals surface area contributed by atoms with E-state index in [1.54, 1.807) is 6.92 Å². The van der Waals surface area contributed by atoms with E-state index in [9.17, 15) is 20.1 Å². The van der Waals surface area contributed by atoms with Crippen molar-refractivity contribution in [3.05, 3.63) is 68.6 Å². The van der Waals surface area contributed by atoms with Crippen LogP contribution in [-0.2, 0) is 11.2 Å². The van der Waals surface area contributed by atoms with Crippen LogP contribution in [0.3, 0.4) is 0 Å². The maximum Gasteiger partial charge on any atom is 0.303 e. The number of hydrogen-bond acceptors (Lipinski definition) is 5. The van der Waals surface area contributed by atoms with Gasteiger partial charge in [0, 0.05) is 51.9 Å². The van der Waals surface area contributed by atoms with Gasteiger partial charge in [0.1, 0.15) is 5.76 Å². The lowest BCUT2D eigenvalue weighted by Gasteiger charge is -2.17. The molecule has 5 N–H and O–H groups in total. The maximum absolute atomic E-state index is 11.7. The van der Waals surface area contributed by atoms with Gasteiger partial charge in [-0.25, -0.2) is 9.97 Å². The van der Waals surface area contributed by atoms with Gasteiger partial charge in [0.15, 0.2) is 0 Å². The summed E-state index contributed by atoms with van der Waals surface area (Å²) in [6.07, 6.45) is 4.14. The number of carbonyl (C=O) groups is 1. The molecule has 8 heteroatoms. The number of allylic oxidation sites excluding steroid dienone is 3. The predicted octanol–water partition coefficient (Wildman–Crippen LogP) is 8.07. The first kappa shape index (κ1) is 29.9. The molecule has 4 aliphatic rings. The lowest BCUT2D eigenvalue weighted by atomic mass is 9.84. The monoisotopic (exact) mass is 594 g/mol. The topological polar surface area (TPSA) is 135 Å². The second kappa shape index (κ2) is 11.1. The quantitative estimate of drug-likeness (QED) is 0.220. The number of carboxylic acids is 1. The van der Waals surface area contributed by atoms with Gasteiger partial charge >= 0.3 is 5.97 Å². The molecule has 8 bridgehead atoms. The molecule has 3 aliphatic heterocycles. The molecule has 0 saturated heterocycles. The van der Waals surface area contributed by atoms with Crippen LogP contribution in [0.1, 0.15) is 135 Å². The normalized spacial score (nSPS) is 19.0. The zero-order valence-electron chi connectivity index (χ0n) is 26.6. The number of hydrogen-bond donors (Lipinski definition) is 5. The zero-order valence-corrected chi connectivity index (χ0v) is 26.6. The van der Waals surface area contributed by atoms with Gasteiger partial charge in [-0.15, -0.1) is 0 Å². The van der Waals surface area contributed by atoms with E-state index in [0.29, 0.717) is 18.5 Å². The standard InChI is InChI=1S/C36H42N4O4/c1-8-10-22-16(3)25-14-28-31(20(7)41)18(5)34(39-28)19(6)33-17(4)23(11-12-30(43)44)35(40-33)24-13-29(42)32-21(9-2)26(38-36(24)32)15-27(22)37-25/h13-15,17,20,23,38,40-42H,8-12H2,1-7H3,(H,43,44)/t17-,20+,23-/m0/s1. The van der Waals surface area contributed by atoms with Gasteiger partial charge in [0.25, 0.3) is 0 Å². The molecule has 0 amide bonds. The number of carboxylic acid groups (broad SMARTS) is 1. The van der Waals surface area contributed by atoms with Crippen LogP contribution >= 0.6 is 0 Å². The number of aliphatic carboxylic acids is 1. The van der Waals surface area contributed by atoms with Crippen LogP contribution in [0.4, 0.5) is 0 Å². The van der Waals surface area contributed by atoms with Gasteiger partial charge < -0.3 is 25.3 Å². The third-order valence-electron chi connectivity index (χ3n) is 9.84. The Morgan fingerprint density at radius 1 is 1.02 bits per heavy atom. The van der Waals surface area contributed by atoms with E-state index in [2.05, 4.69) is 43.7 Å². The smallest absolute Gasteiger partial charge is 0.303 e. The minimum atomic E-state index is -0.834. The van der Waals surface area contributed by atoms with Gasteiger partial charge in [-0.1, -0.05) is 27.2 Å². The van der Waals surface area contributed by atoms with Crippen molar-refractivity contribution in [2.75, 3.05) is 0 Å². The molecule has 230 valence electrons. The van der Waals surface area contributed by atoms with E-state index in [4.69, 9.17) is 9.97 Å². The Kier molecular flexibility index (Phi) is 7.52. The Bertz CT molecular complexity index is 1880. The van der Waals surface area contributed by atoms with Crippen LogP contribution in [-0.4, -0.2) is 47.3 Å². The molecule has 2 aromatic rings. The van der Waals surface area contributed by atoms with Gasteiger partial charge in [-0.05, 0) is 93.0 Å². The van der Waals surface area contributed by atoms with E-state index >= 15 is 0 Å². The molecule has 0 fully saturated rings. The van der Waals surface area contributed by atoms with Crippen molar-refractivity contribution >= 4 is 51.1 Å². The number of aromatic nitrogens is 4. The summed E-state index contributed by atoms with van der Waals surface area (Å²) >= 11 is 0. The van der Waals surface area contributed by atoms with E-state index in [-0.39, 0.29) is 24.0 Å². The number of H-pyrrole nitrogens is 2. The third-order valence-corrected chi connectivity index (χ3v) is 9.84. The number of nitrogens with zero attached hydrogens (tertiary/aromatic N) is 2. The average molecular weight is 595 g/mol. The van der Waals surface area contributed by atoms with Crippen LogP contribution in [0.25, 0.3) is 45.2 Å². The summed E-state index contributed by atoms with van der Waals surface area (Å²) in [4.78, 5) is 29.3. The number of aromatic amines is 2. The van der Waals surface area contributed by atoms with Crippen LogP contribution in [0.5, 0.6) is 0 Å². The zero-order chi connectivity index (χ0) is 31.6. The maximum atomic E-state index is 11.7. The summed E-state index contributed by atoms with van der Waals surface area (Å²) in [6, 6.07) is 4.10. The largest absolute Gasteiger partial charge is 0.507 e. The van der Waals surface area contributed by atoms with Crippen LogP contribution in [0, 0.1) is 6.92 Å². The van der Waals surface area contributed by atoms with Gasteiger partial charge in [-0.3, -0.25) is 4.79 Å². The number of rotatable bonds is 7. The minimum Gasteiger partial charge on any atom is -0.507 e. The highest BCUT2D eigenvalue weighted by atomic mass is 16.4. The molecule has 5 heterocycles. The van der Waals surface area contributed by atoms with E-state index in [1.807, 2.05) is 26.0 Å². The highest BCUT2D eigenvalue weighted by molar-refractivity contribution is 6.02. The molecule has 0 radical (unpaired) electrons. The van der Waals surface area contributed by atoms with Crippen LogP contribution in [0.2, 0.25) is 0 Å². The number of fused-ring (bicyclic) bond motifs is 8. The van der Waals surface area contributed by atoms with Crippen molar-refractivity contribution < 1.29 is 20.1 Å². The number of nitrogens with one attached hydrogen (secondary N) is 2. The SMILES string of the molecule is CCCC1=C(C)c2cc3nc(c(C)c4[nH]c(c5c6[nH]c(cc1n2)c(CC)c6C(O)=C5)[C@@H](CCC(=O)O)[C@@H]4C)C(C)=C3[C@@H](C)O. The minimum absolute atomic E-state index is 0.0185. The fourth-order valence-electron chi connectivity index (χ4n) is 7.64. The van der Waals surface area contributed by atoms with Crippen molar-refractivity contribution in [3.8, 4) is 0 Å². The van der Waals surface area contributed by atoms with Gasteiger partial charge in [0.2, 0.25) is 0 Å². The average Bonchev–Trinajstić information content (AvgIpc) is 3.73. The molecule has 2 aromatic heterocycles. The number of aliphatic hydroxyl groups excluding tert-OH is 2. The van der Waals surface area contributed by atoms with Crippen molar-refractivity contribution in [3.63, 3.8) is 0 Å². The molecule has 1 aliphatic carbocycles. The van der Waals surface area contributed by atoms with Crippen LogP contribution in [0.15, 0.2) is 12.1 Å². The van der Waals surface area contributed by atoms with E-state index in [1.165, 1.54) is 5.57 Å². The highest BCUT2D eigenvalue weighted by Crippen LogP contribution is 2.47. The molecule has 0 aromatic carbocycles. The number of aryl methyl sites for hydroxylation is 1. The predicted molar refractivity (Wildman–Crippen MR) is 177 cm³/mol. The van der Waals surface area contributed by atoms with Crippen molar-refractivity contribution in [2.24, 2.45) is 0 Å². The molecular weight excluding hydrogens is 552 g/mol. The summed E-state index contributed by atoms with van der Waals surface area (Å²) in [7, 11) is 0. The second-order valence-electron chi connectivity index (χ2n) is 12.6. The van der Waals surface area contributed by atoms with Gasteiger partial charge in [-0.2, -0.15) is 0 Å². The summed E-state index contributed by atoms with van der Waals surface area (Å²) in [5.74, 6) is -0.742. The van der Waals surface area contributed by atoms with E-state index in [0.717, 1.165) is 91.3 Å². The molecular formula is C36H42N4O4. The molecule has 6 rings (SSSR count). The Labute approximate surface area is 258 Å². The third kappa shape index (κ3) is 4.58. The van der Waals surface area contributed by atoms with Crippen molar-refractivity contribution in [1.82, 2.24) is 19.9 Å². The second-order valence-corrected chi connectivity index (χ2v) is 12.6. The lowest BCUT2D eigenvalue weighted by Crippen LogP contribution is -2.07. The molecule has 3 atom stereocenters. The fourth-order valence-corrected chi connectivity index (χ4v) is 7.64. The summed E-state index contributed by atoms with van der Waals surface area (Å²) in [6.45, 7) is 14.3. The molecule has 8 nitrogen and oxygen atoms in total. The fraction of sp³-hybridized carbons (Fsp3) is 0.417. The lowest BCUT2D eigenvalue weighted by molar-refractivity contribution is -0.137. The van der Waals surface area contributed by atoms with Crippen LogP contribution < -0.4 is 0 Å². The molecule has 44 heavy (non-hydrogen) atoms. The van der Waals surface area contributed by atoms with Crippen molar-refractivity contribution in [1.29, 1.82) is 0 Å². The summed E-state index contributed by atoms with van der Waals surface area (Å²) in [5.41, 5.74) is 14.5. The Morgan fingerprint density at radius 2 is 1.77 bits per heavy atom. The Balaban J connectivity index is 1.80. The van der Waals surface area contributed by atoms with Crippen molar-refractivity contribution in [2.45, 2.75) is 98.5 Å². The number of aliphatic hydroxyl groups is 2. The van der Waals surface area contributed by atoms with E-state index < -0.39 is 12.1 Å². The Hall–Kier alpha value is -4.17. The molecule has 0 saturated carbocycles. The molecule has 0 spiro atoms. The first-order valence-corrected chi connectivity index (χ1v) is 15.8. The summed E-state index contributed by atoms with van der Waals surface area (Å²) in [5, 5.41) is 31.9. The highest BCUT2D eigenvalue weighted by Gasteiger charge is 2.35. The Morgan fingerprint density at radius 3 is 2.43 bits per heavy atom. The van der Waals surface area contributed by atoms with Gasteiger partial charge in [0.05, 0.1) is 34.4 Å². The first-order valence-electron chi connectivity index (χ1n) is 15.8. The molecule has 0 unspecified atom stereocenters. The first-order chi connectivity index (χ1) is 21.0. The summed E-state index contributed by atoms with van der Waals surface area (Å²) < 4.78 is 0.